The van der Waals surface area contributed by atoms with Crippen LogP contribution in [-0.4, -0.2) is 23.4 Å². The fourth-order valence-corrected chi connectivity index (χ4v) is 2.98. The van der Waals surface area contributed by atoms with E-state index in [-0.39, 0.29) is 6.04 Å². The number of rotatable bonds is 6. The lowest BCUT2D eigenvalue weighted by atomic mass is 10.0. The number of nitrogens with zero attached hydrogens (tertiary/aromatic N) is 2. The molecule has 0 aliphatic rings. The minimum atomic E-state index is -0.0719. The second-order valence-electron chi connectivity index (χ2n) is 4.57. The van der Waals surface area contributed by atoms with Crippen LogP contribution in [0.4, 0.5) is 0 Å². The lowest BCUT2D eigenvalue weighted by Crippen LogP contribution is -2.25. The predicted octanol–water partition coefficient (Wildman–Crippen LogP) is 4.03. The smallest absolute Gasteiger partial charge is 0.161 e. The first-order valence-corrected chi connectivity index (χ1v) is 8.07. The van der Waals surface area contributed by atoms with Crippen LogP contribution in [0.15, 0.2) is 28.9 Å². The van der Waals surface area contributed by atoms with Crippen LogP contribution < -0.4 is 10.1 Å². The number of ether oxygens (including phenoxy) is 1. The molecule has 0 fully saturated rings. The van der Waals surface area contributed by atoms with Gasteiger partial charge >= 0.3 is 0 Å². The van der Waals surface area contributed by atoms with Crippen LogP contribution in [-0.2, 0) is 6.54 Å². The summed E-state index contributed by atoms with van der Waals surface area (Å²) in [4.78, 5) is 0. The zero-order valence-corrected chi connectivity index (χ0v) is 14.7. The fraction of sp³-hybridized carbons (Fsp3) is 0.400. The molecule has 2 rings (SSSR count). The Labute approximate surface area is 138 Å². The van der Waals surface area contributed by atoms with Crippen molar-refractivity contribution in [2.75, 3.05) is 13.7 Å². The van der Waals surface area contributed by atoms with Gasteiger partial charge in [0.15, 0.2) is 5.75 Å². The maximum Gasteiger partial charge on any atom is 0.161 e. The van der Waals surface area contributed by atoms with Crippen LogP contribution in [0.5, 0.6) is 5.75 Å². The molecule has 21 heavy (non-hydrogen) atoms. The van der Waals surface area contributed by atoms with Crippen LogP contribution in [0, 0.1) is 0 Å². The van der Waals surface area contributed by atoms with Gasteiger partial charge in [-0.25, -0.2) is 0 Å². The topological polar surface area (TPSA) is 39.1 Å². The van der Waals surface area contributed by atoms with Gasteiger partial charge in [-0.2, -0.15) is 5.10 Å². The van der Waals surface area contributed by atoms with E-state index in [0.29, 0.717) is 0 Å². The van der Waals surface area contributed by atoms with Crippen molar-refractivity contribution in [1.82, 2.24) is 15.1 Å². The Morgan fingerprint density at radius 3 is 2.81 bits per heavy atom. The largest absolute Gasteiger partial charge is 0.493 e. The van der Waals surface area contributed by atoms with E-state index in [2.05, 4.69) is 40.2 Å². The number of halogens is 2. The number of hydrogen-bond acceptors (Lipinski definition) is 3. The Morgan fingerprint density at radius 1 is 1.43 bits per heavy atom. The van der Waals surface area contributed by atoms with Crippen molar-refractivity contribution in [3.05, 3.63) is 45.1 Å². The van der Waals surface area contributed by atoms with E-state index in [1.165, 1.54) is 0 Å². The quantitative estimate of drug-likeness (QED) is 0.832. The van der Waals surface area contributed by atoms with Gasteiger partial charge in [-0.05, 0) is 37.2 Å². The Bertz CT molecular complexity index is 593. The van der Waals surface area contributed by atoms with E-state index in [1.54, 1.807) is 13.3 Å². The summed E-state index contributed by atoms with van der Waals surface area (Å²) in [6.07, 6.45) is 1.75. The van der Waals surface area contributed by atoms with Gasteiger partial charge in [0.1, 0.15) is 5.69 Å². The van der Waals surface area contributed by atoms with E-state index in [1.807, 2.05) is 22.9 Å². The van der Waals surface area contributed by atoms with Crippen molar-refractivity contribution in [1.29, 1.82) is 0 Å². The zero-order chi connectivity index (χ0) is 15.4. The average Bonchev–Trinajstić information content (AvgIpc) is 2.90. The van der Waals surface area contributed by atoms with Crippen LogP contribution in [0.3, 0.4) is 0 Å². The molecule has 1 unspecified atom stereocenters. The molecule has 1 N–H and O–H groups in total. The highest BCUT2D eigenvalue weighted by Gasteiger charge is 2.24. The zero-order valence-electron chi connectivity index (χ0n) is 12.4. The minimum absolute atomic E-state index is 0.0719. The Kier molecular flexibility index (Phi) is 5.67. The third-order valence-electron chi connectivity index (χ3n) is 3.32. The van der Waals surface area contributed by atoms with Crippen LogP contribution in [0.2, 0.25) is 5.02 Å². The molecule has 0 radical (unpaired) electrons. The summed E-state index contributed by atoms with van der Waals surface area (Å²) in [6.45, 7) is 5.71. The fourth-order valence-electron chi connectivity index (χ4n) is 2.37. The number of aryl methyl sites for hydroxylation is 1. The maximum atomic E-state index is 6.40. The SMILES string of the molecule is CCNC(c1cc(Br)ccc1Cl)c1c(OC)cnn1CC. The lowest BCUT2D eigenvalue weighted by Gasteiger charge is -2.22. The molecule has 4 nitrogen and oxygen atoms in total. The molecule has 114 valence electrons. The van der Waals surface area contributed by atoms with Crippen molar-refractivity contribution >= 4 is 27.5 Å². The molecule has 1 atom stereocenters. The van der Waals surface area contributed by atoms with Gasteiger partial charge in [-0.3, -0.25) is 4.68 Å². The number of hydrogen-bond donors (Lipinski definition) is 1. The van der Waals surface area contributed by atoms with Crippen LogP contribution in [0.1, 0.15) is 31.1 Å². The Morgan fingerprint density at radius 2 is 2.19 bits per heavy atom. The van der Waals surface area contributed by atoms with Gasteiger partial charge in [0.25, 0.3) is 0 Å². The maximum absolute atomic E-state index is 6.40. The molecule has 0 amide bonds. The van der Waals surface area contributed by atoms with Gasteiger partial charge in [-0.15, -0.1) is 0 Å². The highest BCUT2D eigenvalue weighted by Crippen LogP contribution is 2.35. The van der Waals surface area contributed by atoms with Gasteiger partial charge in [0.05, 0.1) is 19.3 Å². The summed E-state index contributed by atoms with van der Waals surface area (Å²) in [5.74, 6) is 0.763. The molecular weight excluding hydrogens is 354 g/mol. The lowest BCUT2D eigenvalue weighted by molar-refractivity contribution is 0.399. The third kappa shape index (κ3) is 3.42. The van der Waals surface area contributed by atoms with E-state index in [4.69, 9.17) is 16.3 Å². The first-order chi connectivity index (χ1) is 10.1. The first kappa shape index (κ1) is 16.3. The Balaban J connectivity index is 2.58. The number of nitrogens with one attached hydrogen (secondary N) is 1. The van der Waals surface area contributed by atoms with E-state index in [9.17, 15) is 0 Å². The molecule has 0 aliphatic heterocycles. The van der Waals surface area contributed by atoms with Crippen molar-refractivity contribution in [2.45, 2.75) is 26.4 Å². The predicted molar refractivity (Wildman–Crippen MR) is 89.1 cm³/mol. The van der Waals surface area contributed by atoms with Gasteiger partial charge in [0, 0.05) is 16.0 Å². The second kappa shape index (κ2) is 7.29. The highest BCUT2D eigenvalue weighted by atomic mass is 79.9. The molecule has 6 heteroatoms. The van der Waals surface area contributed by atoms with E-state index in [0.717, 1.165) is 39.6 Å². The number of benzene rings is 1. The summed E-state index contributed by atoms with van der Waals surface area (Å²) in [5.41, 5.74) is 1.99. The molecule has 1 aromatic heterocycles. The summed E-state index contributed by atoms with van der Waals surface area (Å²) in [6, 6.07) is 5.79. The summed E-state index contributed by atoms with van der Waals surface area (Å²) >= 11 is 9.91. The van der Waals surface area contributed by atoms with Gasteiger partial charge in [0.2, 0.25) is 0 Å². The molecule has 0 saturated heterocycles. The van der Waals surface area contributed by atoms with Crippen molar-refractivity contribution in [3.8, 4) is 5.75 Å². The minimum Gasteiger partial charge on any atom is -0.493 e. The molecule has 1 heterocycles. The van der Waals surface area contributed by atoms with Crippen molar-refractivity contribution < 1.29 is 4.74 Å². The van der Waals surface area contributed by atoms with Crippen LogP contribution >= 0.6 is 27.5 Å². The average molecular weight is 373 g/mol. The monoisotopic (exact) mass is 371 g/mol. The molecule has 0 spiro atoms. The van der Waals surface area contributed by atoms with Crippen molar-refractivity contribution in [2.24, 2.45) is 0 Å². The van der Waals surface area contributed by atoms with E-state index < -0.39 is 0 Å². The third-order valence-corrected chi connectivity index (χ3v) is 4.15. The van der Waals surface area contributed by atoms with Crippen molar-refractivity contribution in [3.63, 3.8) is 0 Å². The highest BCUT2D eigenvalue weighted by molar-refractivity contribution is 9.10. The molecular formula is C15H19BrClN3O. The summed E-state index contributed by atoms with van der Waals surface area (Å²) < 4.78 is 8.39. The normalized spacial score (nSPS) is 12.4. The number of aromatic nitrogens is 2. The second-order valence-corrected chi connectivity index (χ2v) is 5.89. The summed E-state index contributed by atoms with van der Waals surface area (Å²) in [7, 11) is 1.66. The van der Waals surface area contributed by atoms with Crippen LogP contribution in [0.25, 0.3) is 0 Å². The first-order valence-electron chi connectivity index (χ1n) is 6.90. The molecule has 2 aromatic rings. The molecule has 0 saturated carbocycles. The van der Waals surface area contributed by atoms with Gasteiger partial charge < -0.3 is 10.1 Å². The summed E-state index contributed by atoms with van der Waals surface area (Å²) in [5, 5.41) is 8.57. The van der Waals surface area contributed by atoms with Gasteiger partial charge in [-0.1, -0.05) is 34.5 Å². The Hall–Kier alpha value is -1.04. The molecule has 0 aliphatic carbocycles. The standard InChI is InChI=1S/C15H19BrClN3O/c1-4-18-14(11-8-10(16)6-7-12(11)17)15-13(21-3)9-19-20(15)5-2/h6-9,14,18H,4-5H2,1-3H3. The van der Waals surface area contributed by atoms with E-state index >= 15 is 0 Å². The number of methoxy groups -OCH3 is 1. The molecule has 1 aromatic carbocycles. The molecule has 0 bridgehead atoms.